The number of benzene rings is 1. The second-order valence-corrected chi connectivity index (χ2v) is 5.23. The summed E-state index contributed by atoms with van der Waals surface area (Å²) in [4.78, 5) is 0. The molecule has 2 aromatic rings. The zero-order valence-corrected chi connectivity index (χ0v) is 12.3. The predicted octanol–water partition coefficient (Wildman–Crippen LogP) is 5.04. The van der Waals surface area contributed by atoms with Gasteiger partial charge in [0.05, 0.1) is 0 Å². The molecular weight excluding hydrogens is 206 g/mol. The molecule has 0 N–H and O–H groups in total. The third-order valence-electron chi connectivity index (χ3n) is 3.10. The molecule has 0 radical (unpaired) electrons. The molecule has 0 atom stereocenters. The molecule has 1 aromatic carbocycles. The number of fused-ring (bicyclic) bond motifs is 1. The molecule has 0 unspecified atom stereocenters. The average Bonchev–Trinajstić information content (AvgIpc) is 2.54. The third kappa shape index (κ3) is 2.38. The summed E-state index contributed by atoms with van der Waals surface area (Å²) in [6.45, 7) is 15.2. The highest BCUT2D eigenvalue weighted by atomic mass is 15.1. The van der Waals surface area contributed by atoms with Gasteiger partial charge < -0.3 is 4.57 Å². The molecule has 0 aliphatic heterocycles. The number of aromatic nitrogens is 1. The highest BCUT2D eigenvalue weighted by Gasteiger charge is 2.19. The van der Waals surface area contributed by atoms with E-state index in [1.807, 2.05) is 13.8 Å². The second-order valence-electron chi connectivity index (χ2n) is 5.23. The Morgan fingerprint density at radius 3 is 2.00 bits per heavy atom. The number of nitrogens with zero attached hydrogens (tertiary/aromatic N) is 1. The molecule has 94 valence electrons. The molecule has 0 saturated carbocycles. The zero-order valence-electron chi connectivity index (χ0n) is 12.3. The van der Waals surface area contributed by atoms with Crippen molar-refractivity contribution in [3.8, 4) is 0 Å². The first-order valence-corrected chi connectivity index (χ1v) is 6.50. The van der Waals surface area contributed by atoms with E-state index in [1.54, 1.807) is 0 Å². The fourth-order valence-electron chi connectivity index (χ4n) is 2.39. The van der Waals surface area contributed by atoms with Crippen molar-refractivity contribution in [2.75, 3.05) is 0 Å². The Hall–Kier alpha value is -1.24. The average molecular weight is 231 g/mol. The van der Waals surface area contributed by atoms with Gasteiger partial charge in [0.15, 0.2) is 0 Å². The van der Waals surface area contributed by atoms with Crippen LogP contribution in [0.2, 0.25) is 0 Å². The molecule has 0 bridgehead atoms. The fraction of sp³-hybridized carbons (Fsp3) is 0.500. The van der Waals surface area contributed by atoms with E-state index in [0.29, 0.717) is 0 Å². The quantitative estimate of drug-likeness (QED) is 0.598. The Kier molecular flexibility index (Phi) is 4.03. The van der Waals surface area contributed by atoms with Gasteiger partial charge in [0.2, 0.25) is 0 Å². The monoisotopic (exact) mass is 231 g/mol. The lowest BCUT2D eigenvalue weighted by atomic mass is 10.1. The molecule has 0 saturated heterocycles. The van der Waals surface area contributed by atoms with Gasteiger partial charge in [-0.2, -0.15) is 0 Å². The second kappa shape index (κ2) is 4.95. The summed E-state index contributed by atoms with van der Waals surface area (Å²) < 4.78 is 2.43. The molecule has 0 spiro atoms. The van der Waals surface area contributed by atoms with Crippen LogP contribution in [-0.4, -0.2) is 4.57 Å². The molecular formula is C16H25N. The van der Waals surface area contributed by atoms with Crippen LogP contribution in [-0.2, 0) is 5.54 Å². The predicted molar refractivity (Wildman–Crippen MR) is 77.8 cm³/mol. The van der Waals surface area contributed by atoms with Crippen molar-refractivity contribution in [2.45, 2.75) is 54.0 Å². The molecule has 1 nitrogen and oxygen atoms in total. The molecule has 0 fully saturated rings. The van der Waals surface area contributed by atoms with Crippen LogP contribution in [0.1, 0.15) is 45.9 Å². The van der Waals surface area contributed by atoms with Crippen molar-refractivity contribution < 1.29 is 0 Å². The molecule has 0 aliphatic rings. The summed E-state index contributed by atoms with van der Waals surface area (Å²) in [5.41, 5.74) is 4.28. The van der Waals surface area contributed by atoms with Gasteiger partial charge in [-0.1, -0.05) is 32.0 Å². The van der Waals surface area contributed by atoms with Crippen LogP contribution in [0.3, 0.4) is 0 Å². The minimum Gasteiger partial charge on any atom is -0.339 e. The van der Waals surface area contributed by atoms with E-state index >= 15 is 0 Å². The van der Waals surface area contributed by atoms with Crippen molar-refractivity contribution in [2.24, 2.45) is 0 Å². The van der Waals surface area contributed by atoms with E-state index in [9.17, 15) is 0 Å². The lowest BCUT2D eigenvalue weighted by Gasteiger charge is -2.25. The summed E-state index contributed by atoms with van der Waals surface area (Å²) in [5.74, 6) is 0. The first-order chi connectivity index (χ1) is 7.93. The number of hydrogen-bond donors (Lipinski definition) is 0. The van der Waals surface area contributed by atoms with E-state index in [1.165, 1.54) is 22.2 Å². The number of rotatable bonds is 0. The highest BCUT2D eigenvalue weighted by Crippen LogP contribution is 2.30. The first kappa shape index (κ1) is 13.8. The summed E-state index contributed by atoms with van der Waals surface area (Å²) in [6, 6.07) is 8.64. The van der Waals surface area contributed by atoms with Crippen LogP contribution < -0.4 is 0 Å². The summed E-state index contributed by atoms with van der Waals surface area (Å²) >= 11 is 0. The molecule has 17 heavy (non-hydrogen) atoms. The van der Waals surface area contributed by atoms with E-state index in [2.05, 4.69) is 63.5 Å². The summed E-state index contributed by atoms with van der Waals surface area (Å²) in [6.07, 6.45) is 0. The lowest BCUT2D eigenvalue weighted by Crippen LogP contribution is -2.22. The third-order valence-corrected chi connectivity index (χ3v) is 3.10. The Morgan fingerprint density at radius 1 is 0.941 bits per heavy atom. The van der Waals surface area contributed by atoms with Gasteiger partial charge in [-0.3, -0.25) is 0 Å². The fourth-order valence-corrected chi connectivity index (χ4v) is 2.39. The SMILES string of the molecule is CC.Cc1c(C)n(C(C)(C)C)c2ccccc12. The van der Waals surface area contributed by atoms with Gasteiger partial charge in [0.25, 0.3) is 0 Å². The highest BCUT2D eigenvalue weighted by molar-refractivity contribution is 5.85. The summed E-state index contributed by atoms with van der Waals surface area (Å²) in [5, 5.41) is 1.38. The van der Waals surface area contributed by atoms with Gasteiger partial charge in [-0.25, -0.2) is 0 Å². The van der Waals surface area contributed by atoms with Crippen molar-refractivity contribution in [3.05, 3.63) is 35.5 Å². The molecule has 1 aromatic heterocycles. The van der Waals surface area contributed by atoms with Gasteiger partial charge in [-0.15, -0.1) is 0 Å². The molecule has 1 heteroatoms. The molecule has 0 amide bonds. The Labute approximate surface area is 105 Å². The van der Waals surface area contributed by atoms with E-state index in [-0.39, 0.29) is 5.54 Å². The Bertz CT molecular complexity index is 498. The molecule has 1 heterocycles. The van der Waals surface area contributed by atoms with Gasteiger partial charge in [0.1, 0.15) is 0 Å². The van der Waals surface area contributed by atoms with Gasteiger partial charge in [-0.05, 0) is 46.2 Å². The smallest absolute Gasteiger partial charge is 0.0490 e. The van der Waals surface area contributed by atoms with Crippen molar-refractivity contribution in [3.63, 3.8) is 0 Å². The van der Waals surface area contributed by atoms with Crippen LogP contribution in [0, 0.1) is 13.8 Å². The number of para-hydroxylation sites is 1. The first-order valence-electron chi connectivity index (χ1n) is 6.50. The van der Waals surface area contributed by atoms with Crippen LogP contribution in [0.25, 0.3) is 10.9 Å². The van der Waals surface area contributed by atoms with Gasteiger partial charge >= 0.3 is 0 Å². The summed E-state index contributed by atoms with van der Waals surface area (Å²) in [7, 11) is 0. The normalized spacial score (nSPS) is 11.2. The lowest BCUT2D eigenvalue weighted by molar-refractivity contribution is 0.402. The maximum Gasteiger partial charge on any atom is 0.0490 e. The van der Waals surface area contributed by atoms with Crippen molar-refractivity contribution in [1.29, 1.82) is 0 Å². The standard InChI is InChI=1S/C14H19N.C2H6/c1-10-11(2)15(14(3,4)5)13-9-7-6-8-12(10)13;1-2/h6-9H,1-5H3;1-2H3. The minimum atomic E-state index is 0.151. The largest absolute Gasteiger partial charge is 0.339 e. The van der Waals surface area contributed by atoms with Gasteiger partial charge in [0, 0.05) is 22.1 Å². The van der Waals surface area contributed by atoms with Crippen molar-refractivity contribution >= 4 is 10.9 Å². The number of hydrogen-bond acceptors (Lipinski definition) is 0. The molecule has 0 aliphatic carbocycles. The Balaban J connectivity index is 0.000000686. The maximum atomic E-state index is 2.43. The topological polar surface area (TPSA) is 4.93 Å². The maximum absolute atomic E-state index is 2.43. The zero-order chi connectivity index (χ0) is 13.2. The van der Waals surface area contributed by atoms with E-state index in [4.69, 9.17) is 0 Å². The minimum absolute atomic E-state index is 0.151. The van der Waals surface area contributed by atoms with Crippen LogP contribution in [0.15, 0.2) is 24.3 Å². The van der Waals surface area contributed by atoms with Crippen LogP contribution >= 0.6 is 0 Å². The van der Waals surface area contributed by atoms with E-state index < -0.39 is 0 Å². The van der Waals surface area contributed by atoms with E-state index in [0.717, 1.165) is 0 Å². The molecule has 2 rings (SSSR count). The van der Waals surface area contributed by atoms with Crippen LogP contribution in [0.4, 0.5) is 0 Å². The van der Waals surface area contributed by atoms with Crippen LogP contribution in [0.5, 0.6) is 0 Å². The van der Waals surface area contributed by atoms with Crippen molar-refractivity contribution in [1.82, 2.24) is 4.57 Å². The number of aryl methyl sites for hydroxylation is 1. The Morgan fingerprint density at radius 2 is 1.47 bits per heavy atom.